The van der Waals surface area contributed by atoms with E-state index in [-0.39, 0.29) is 12.4 Å². The van der Waals surface area contributed by atoms with Crippen LogP contribution in [0.15, 0.2) is 24.8 Å². The molecule has 0 aromatic heterocycles. The van der Waals surface area contributed by atoms with Gasteiger partial charge in [0, 0.05) is 0 Å². The van der Waals surface area contributed by atoms with Crippen LogP contribution >= 0.6 is 0 Å². The summed E-state index contributed by atoms with van der Waals surface area (Å²) in [7, 11) is 0. The quantitative estimate of drug-likeness (QED) is 0.670. The second-order valence-electron chi connectivity index (χ2n) is 7.68. The van der Waals surface area contributed by atoms with Crippen LogP contribution in [-0.4, -0.2) is 29.7 Å². The molecule has 0 aliphatic carbocycles. The molecule has 0 heterocycles. The minimum absolute atomic E-state index is 0.137. The highest BCUT2D eigenvalue weighted by atomic mass is 16.6. The first-order chi connectivity index (χ1) is 11.9. The maximum absolute atomic E-state index is 12.3. The van der Waals surface area contributed by atoms with Crippen molar-refractivity contribution in [2.45, 2.75) is 66.1 Å². The number of aryl methyl sites for hydroxylation is 1. The monoisotopic (exact) mass is 362 g/mol. The molecular formula is C21H30O5. The van der Waals surface area contributed by atoms with Crippen LogP contribution in [0.2, 0.25) is 0 Å². The van der Waals surface area contributed by atoms with Gasteiger partial charge in [-0.15, -0.1) is 0 Å². The van der Waals surface area contributed by atoms with Crippen molar-refractivity contribution >= 4 is 17.5 Å². The summed E-state index contributed by atoms with van der Waals surface area (Å²) in [6.45, 7) is 16.8. The van der Waals surface area contributed by atoms with E-state index in [4.69, 9.17) is 14.2 Å². The minimum atomic E-state index is -1.12. The highest BCUT2D eigenvalue weighted by Gasteiger charge is 2.34. The Morgan fingerprint density at radius 1 is 1.12 bits per heavy atom. The topological polar surface area (TPSA) is 61.8 Å². The molecule has 0 spiro atoms. The standard InChI is InChI=1S/C21H30O5/c1-9-24-18(22)13-15(3)17-11-10-16(12-14(17)2)25-21(7,8)19(23)26-20(4,5)6/h10-12H,3,9,13H2,1-2,4-8H3. The van der Waals surface area contributed by atoms with Gasteiger partial charge in [0.2, 0.25) is 0 Å². The number of rotatable bonds is 7. The van der Waals surface area contributed by atoms with E-state index in [1.165, 1.54) is 0 Å². The van der Waals surface area contributed by atoms with E-state index in [9.17, 15) is 9.59 Å². The maximum Gasteiger partial charge on any atom is 0.350 e. The molecule has 144 valence electrons. The Hall–Kier alpha value is -2.30. The van der Waals surface area contributed by atoms with Crippen LogP contribution in [0.3, 0.4) is 0 Å². The number of benzene rings is 1. The molecule has 0 saturated heterocycles. The summed E-state index contributed by atoms with van der Waals surface area (Å²) < 4.78 is 16.2. The average molecular weight is 362 g/mol. The van der Waals surface area contributed by atoms with Gasteiger partial charge in [-0.3, -0.25) is 4.79 Å². The number of carbonyl (C=O) groups is 2. The van der Waals surface area contributed by atoms with E-state index >= 15 is 0 Å². The molecule has 1 aromatic rings. The van der Waals surface area contributed by atoms with Crippen molar-refractivity contribution in [2.75, 3.05) is 6.61 Å². The van der Waals surface area contributed by atoms with Gasteiger partial charge in [0.1, 0.15) is 11.4 Å². The summed E-state index contributed by atoms with van der Waals surface area (Å²) in [5, 5.41) is 0. The van der Waals surface area contributed by atoms with Crippen molar-refractivity contribution < 1.29 is 23.8 Å². The molecule has 0 fully saturated rings. The van der Waals surface area contributed by atoms with Crippen LogP contribution < -0.4 is 4.74 Å². The van der Waals surface area contributed by atoms with Gasteiger partial charge < -0.3 is 14.2 Å². The third-order valence-electron chi connectivity index (χ3n) is 3.51. The van der Waals surface area contributed by atoms with Gasteiger partial charge in [0.15, 0.2) is 5.60 Å². The fourth-order valence-corrected chi connectivity index (χ4v) is 2.32. The predicted molar refractivity (Wildman–Crippen MR) is 102 cm³/mol. The Morgan fingerprint density at radius 2 is 1.73 bits per heavy atom. The molecule has 0 radical (unpaired) electrons. The lowest BCUT2D eigenvalue weighted by molar-refractivity contribution is -0.170. The predicted octanol–water partition coefficient (Wildman–Crippen LogP) is 4.46. The Labute approximate surface area is 156 Å². The van der Waals surface area contributed by atoms with Gasteiger partial charge in [-0.2, -0.15) is 0 Å². The molecule has 0 saturated carbocycles. The fraction of sp³-hybridized carbons (Fsp3) is 0.524. The Balaban J connectivity index is 2.88. The second kappa shape index (κ2) is 8.39. The minimum Gasteiger partial charge on any atom is -0.476 e. The van der Waals surface area contributed by atoms with Gasteiger partial charge in [0.05, 0.1) is 13.0 Å². The van der Waals surface area contributed by atoms with Crippen LogP contribution in [0.1, 0.15) is 59.1 Å². The van der Waals surface area contributed by atoms with Crippen molar-refractivity contribution in [1.29, 1.82) is 0 Å². The van der Waals surface area contributed by atoms with E-state index < -0.39 is 17.2 Å². The SMILES string of the molecule is C=C(CC(=O)OCC)c1ccc(OC(C)(C)C(=O)OC(C)(C)C)cc1C. The lowest BCUT2D eigenvalue weighted by Gasteiger charge is -2.29. The number of hydrogen-bond acceptors (Lipinski definition) is 5. The lowest BCUT2D eigenvalue weighted by atomic mass is 9.99. The average Bonchev–Trinajstić information content (AvgIpc) is 2.44. The summed E-state index contributed by atoms with van der Waals surface area (Å²) in [5.74, 6) is -0.187. The maximum atomic E-state index is 12.3. The normalized spacial score (nSPS) is 11.7. The molecule has 5 nitrogen and oxygen atoms in total. The van der Waals surface area contributed by atoms with Crippen molar-refractivity contribution in [3.8, 4) is 5.75 Å². The summed E-state index contributed by atoms with van der Waals surface area (Å²) in [5.41, 5.74) is 0.738. The largest absolute Gasteiger partial charge is 0.476 e. The van der Waals surface area contributed by atoms with Gasteiger partial charge in [-0.1, -0.05) is 12.6 Å². The van der Waals surface area contributed by atoms with E-state index in [1.54, 1.807) is 26.8 Å². The fourth-order valence-electron chi connectivity index (χ4n) is 2.32. The Morgan fingerprint density at radius 3 is 2.23 bits per heavy atom. The van der Waals surface area contributed by atoms with Gasteiger partial charge in [0.25, 0.3) is 0 Å². The number of hydrogen-bond donors (Lipinski definition) is 0. The smallest absolute Gasteiger partial charge is 0.350 e. The second-order valence-corrected chi connectivity index (χ2v) is 7.68. The zero-order valence-electron chi connectivity index (χ0n) is 16.9. The molecule has 0 unspecified atom stereocenters. The van der Waals surface area contributed by atoms with Crippen LogP contribution in [0.5, 0.6) is 5.75 Å². The first-order valence-electron chi connectivity index (χ1n) is 8.72. The van der Waals surface area contributed by atoms with Crippen LogP contribution in [-0.2, 0) is 19.1 Å². The van der Waals surface area contributed by atoms with Crippen LogP contribution in [0.25, 0.3) is 5.57 Å². The van der Waals surface area contributed by atoms with E-state index in [0.29, 0.717) is 17.9 Å². The zero-order chi connectivity index (χ0) is 20.1. The Kier molecular flexibility index (Phi) is 7.01. The van der Waals surface area contributed by atoms with Gasteiger partial charge in [-0.05, 0) is 77.3 Å². The van der Waals surface area contributed by atoms with Crippen molar-refractivity contribution in [1.82, 2.24) is 0 Å². The molecular weight excluding hydrogens is 332 g/mol. The van der Waals surface area contributed by atoms with Gasteiger partial charge >= 0.3 is 11.9 Å². The highest BCUT2D eigenvalue weighted by molar-refractivity contribution is 5.85. The molecule has 26 heavy (non-hydrogen) atoms. The van der Waals surface area contributed by atoms with Crippen LogP contribution in [0.4, 0.5) is 0 Å². The van der Waals surface area contributed by atoms with E-state index in [2.05, 4.69) is 6.58 Å². The molecule has 1 aromatic carbocycles. The summed E-state index contributed by atoms with van der Waals surface area (Å²) in [4.78, 5) is 23.9. The van der Waals surface area contributed by atoms with Crippen molar-refractivity contribution in [2.24, 2.45) is 0 Å². The van der Waals surface area contributed by atoms with Crippen molar-refractivity contribution in [3.05, 3.63) is 35.9 Å². The zero-order valence-corrected chi connectivity index (χ0v) is 16.9. The summed E-state index contributed by atoms with van der Waals surface area (Å²) in [6, 6.07) is 5.40. The highest BCUT2D eigenvalue weighted by Crippen LogP contribution is 2.28. The number of ether oxygens (including phenoxy) is 3. The molecule has 0 bridgehead atoms. The van der Waals surface area contributed by atoms with Gasteiger partial charge in [-0.25, -0.2) is 4.79 Å². The molecule has 0 N–H and O–H groups in total. The molecule has 1 rings (SSSR count). The summed E-state index contributed by atoms with van der Waals surface area (Å²) in [6.07, 6.45) is 0.137. The van der Waals surface area contributed by atoms with Crippen LogP contribution in [0, 0.1) is 6.92 Å². The number of esters is 2. The Bertz CT molecular complexity index is 680. The van der Waals surface area contributed by atoms with E-state index in [1.807, 2.05) is 39.8 Å². The first-order valence-corrected chi connectivity index (χ1v) is 8.72. The summed E-state index contributed by atoms with van der Waals surface area (Å²) >= 11 is 0. The van der Waals surface area contributed by atoms with Crippen molar-refractivity contribution in [3.63, 3.8) is 0 Å². The third-order valence-corrected chi connectivity index (χ3v) is 3.51. The molecule has 0 aliphatic heterocycles. The number of carbonyl (C=O) groups excluding carboxylic acids is 2. The molecule has 0 atom stereocenters. The molecule has 5 heteroatoms. The van der Waals surface area contributed by atoms with E-state index in [0.717, 1.165) is 11.1 Å². The first kappa shape index (κ1) is 21.7. The molecule has 0 amide bonds. The lowest BCUT2D eigenvalue weighted by Crippen LogP contribution is -2.43. The third kappa shape index (κ3) is 6.54. The molecule has 0 aliphatic rings.